The number of anilines is 1. The molecule has 0 unspecified atom stereocenters. The highest BCUT2D eigenvalue weighted by molar-refractivity contribution is 7.09. The van der Waals surface area contributed by atoms with Gasteiger partial charge in [-0.1, -0.05) is 0 Å². The maximum Gasteiger partial charge on any atom is 0.272 e. The second-order valence-electron chi connectivity index (χ2n) is 4.37. The lowest BCUT2D eigenvalue weighted by atomic mass is 10.3. The molecule has 2 aromatic heterocycles. The Labute approximate surface area is 116 Å². The molecule has 1 amide bonds. The van der Waals surface area contributed by atoms with Crippen molar-refractivity contribution in [2.75, 3.05) is 19.4 Å². The Morgan fingerprint density at radius 3 is 2.89 bits per heavy atom. The average Bonchev–Trinajstić information content (AvgIpc) is 2.81. The van der Waals surface area contributed by atoms with Gasteiger partial charge < -0.3 is 10.2 Å². The normalized spacial score (nSPS) is 10.3. The van der Waals surface area contributed by atoms with Crippen molar-refractivity contribution in [2.45, 2.75) is 13.5 Å². The number of carbonyl (C=O) groups is 1. The highest BCUT2D eigenvalue weighted by atomic mass is 32.1. The predicted octanol–water partition coefficient (Wildman–Crippen LogP) is 2.16. The van der Waals surface area contributed by atoms with Crippen LogP contribution in [0.1, 0.15) is 21.2 Å². The Morgan fingerprint density at radius 1 is 1.47 bits per heavy atom. The number of hydrogen-bond acceptors (Lipinski definition) is 5. The minimum atomic E-state index is -0.103. The summed E-state index contributed by atoms with van der Waals surface area (Å²) in [5, 5.41) is 6.29. The summed E-state index contributed by atoms with van der Waals surface area (Å²) in [7, 11) is 3.42. The van der Waals surface area contributed by atoms with Crippen LogP contribution in [0.15, 0.2) is 23.7 Å². The van der Waals surface area contributed by atoms with Crippen LogP contribution < -0.4 is 5.32 Å². The van der Waals surface area contributed by atoms with Crippen LogP contribution in [0.25, 0.3) is 0 Å². The Bertz CT molecular complexity index is 580. The molecule has 2 aromatic rings. The molecule has 0 aliphatic rings. The standard InChI is InChI=1S/C13H16N4OS/c1-9-8-19-12(16-9)7-15-10-4-5-14-11(6-10)13(18)17(2)3/h4-6,8H,7H2,1-3H3,(H,14,15). The number of aromatic nitrogens is 2. The van der Waals surface area contributed by atoms with Gasteiger partial charge in [0.05, 0.1) is 6.54 Å². The molecule has 100 valence electrons. The second-order valence-corrected chi connectivity index (χ2v) is 5.31. The summed E-state index contributed by atoms with van der Waals surface area (Å²) in [6.45, 7) is 2.62. The molecule has 0 aliphatic heterocycles. The van der Waals surface area contributed by atoms with Crippen LogP contribution in [0, 0.1) is 6.92 Å². The van der Waals surface area contributed by atoms with E-state index in [4.69, 9.17) is 0 Å². The topological polar surface area (TPSA) is 58.1 Å². The van der Waals surface area contributed by atoms with Crippen molar-refractivity contribution in [1.82, 2.24) is 14.9 Å². The summed E-state index contributed by atoms with van der Waals surface area (Å²) in [5.41, 5.74) is 2.33. The molecule has 0 aromatic carbocycles. The molecule has 0 aliphatic carbocycles. The summed E-state index contributed by atoms with van der Waals surface area (Å²) < 4.78 is 0. The molecule has 19 heavy (non-hydrogen) atoms. The van der Waals surface area contributed by atoms with E-state index in [9.17, 15) is 4.79 Å². The second kappa shape index (κ2) is 5.79. The monoisotopic (exact) mass is 276 g/mol. The van der Waals surface area contributed by atoms with Crippen LogP contribution in [0.2, 0.25) is 0 Å². The number of aryl methyl sites for hydroxylation is 1. The van der Waals surface area contributed by atoms with E-state index < -0.39 is 0 Å². The van der Waals surface area contributed by atoms with Crippen molar-refractivity contribution in [3.8, 4) is 0 Å². The zero-order valence-corrected chi connectivity index (χ0v) is 12.0. The largest absolute Gasteiger partial charge is 0.378 e. The quantitative estimate of drug-likeness (QED) is 0.929. The van der Waals surface area contributed by atoms with Crippen molar-refractivity contribution in [2.24, 2.45) is 0 Å². The SMILES string of the molecule is Cc1csc(CNc2ccnc(C(=O)N(C)C)c2)n1. The van der Waals surface area contributed by atoms with E-state index in [1.165, 1.54) is 4.90 Å². The smallest absolute Gasteiger partial charge is 0.272 e. The van der Waals surface area contributed by atoms with Crippen LogP contribution in [-0.2, 0) is 6.54 Å². The lowest BCUT2D eigenvalue weighted by Gasteiger charge is -2.10. The van der Waals surface area contributed by atoms with E-state index in [2.05, 4.69) is 15.3 Å². The van der Waals surface area contributed by atoms with Gasteiger partial charge in [-0.2, -0.15) is 0 Å². The van der Waals surface area contributed by atoms with Crippen molar-refractivity contribution >= 4 is 22.9 Å². The molecule has 5 nitrogen and oxygen atoms in total. The molecule has 2 rings (SSSR count). The zero-order chi connectivity index (χ0) is 13.8. The Balaban J connectivity index is 2.05. The summed E-state index contributed by atoms with van der Waals surface area (Å²) in [4.78, 5) is 21.8. The molecule has 0 fully saturated rings. The molecule has 0 saturated carbocycles. The first-order valence-corrected chi connectivity index (χ1v) is 6.77. The number of thiazole rings is 1. The Morgan fingerprint density at radius 2 is 2.26 bits per heavy atom. The number of hydrogen-bond donors (Lipinski definition) is 1. The molecular formula is C13H16N4OS. The zero-order valence-electron chi connectivity index (χ0n) is 11.2. The van der Waals surface area contributed by atoms with Crippen molar-refractivity contribution < 1.29 is 4.79 Å². The number of carbonyl (C=O) groups excluding carboxylic acids is 1. The van der Waals surface area contributed by atoms with E-state index in [-0.39, 0.29) is 5.91 Å². The number of pyridine rings is 1. The van der Waals surface area contributed by atoms with Gasteiger partial charge in [-0.25, -0.2) is 4.98 Å². The van der Waals surface area contributed by atoms with Gasteiger partial charge in [0.15, 0.2) is 0 Å². The lowest BCUT2D eigenvalue weighted by molar-refractivity contribution is 0.0822. The van der Waals surface area contributed by atoms with Gasteiger partial charge in [0.2, 0.25) is 0 Å². The van der Waals surface area contributed by atoms with Gasteiger partial charge >= 0.3 is 0 Å². The minimum absolute atomic E-state index is 0.103. The highest BCUT2D eigenvalue weighted by Crippen LogP contribution is 2.13. The van der Waals surface area contributed by atoms with Crippen LogP contribution in [0.4, 0.5) is 5.69 Å². The van der Waals surface area contributed by atoms with E-state index in [0.717, 1.165) is 16.4 Å². The van der Waals surface area contributed by atoms with Gasteiger partial charge in [0.25, 0.3) is 5.91 Å². The third-order valence-electron chi connectivity index (χ3n) is 2.50. The molecule has 0 spiro atoms. The van der Waals surface area contributed by atoms with Gasteiger partial charge in [-0.15, -0.1) is 11.3 Å². The van der Waals surface area contributed by atoms with E-state index >= 15 is 0 Å². The maximum absolute atomic E-state index is 11.8. The Kier molecular flexibility index (Phi) is 4.11. The molecular weight excluding hydrogens is 260 g/mol. The van der Waals surface area contributed by atoms with Crippen LogP contribution >= 0.6 is 11.3 Å². The van der Waals surface area contributed by atoms with Gasteiger partial charge in [0.1, 0.15) is 10.7 Å². The molecule has 0 saturated heterocycles. The van der Waals surface area contributed by atoms with Crippen molar-refractivity contribution in [3.63, 3.8) is 0 Å². The molecule has 1 N–H and O–H groups in total. The predicted molar refractivity (Wildman–Crippen MR) is 76.4 cm³/mol. The maximum atomic E-state index is 11.8. The average molecular weight is 276 g/mol. The number of nitrogens with one attached hydrogen (secondary N) is 1. The molecule has 6 heteroatoms. The third-order valence-corrected chi connectivity index (χ3v) is 3.46. The summed E-state index contributed by atoms with van der Waals surface area (Å²) in [6.07, 6.45) is 1.63. The van der Waals surface area contributed by atoms with Crippen LogP contribution in [0.5, 0.6) is 0 Å². The van der Waals surface area contributed by atoms with Gasteiger partial charge in [-0.3, -0.25) is 9.78 Å². The fourth-order valence-electron chi connectivity index (χ4n) is 1.55. The van der Waals surface area contributed by atoms with Crippen LogP contribution in [0.3, 0.4) is 0 Å². The van der Waals surface area contributed by atoms with E-state index in [0.29, 0.717) is 12.2 Å². The number of rotatable bonds is 4. The summed E-state index contributed by atoms with van der Waals surface area (Å²) >= 11 is 1.62. The molecule has 0 radical (unpaired) electrons. The van der Waals surface area contributed by atoms with Crippen molar-refractivity contribution in [1.29, 1.82) is 0 Å². The van der Waals surface area contributed by atoms with Crippen molar-refractivity contribution in [3.05, 3.63) is 40.1 Å². The third kappa shape index (κ3) is 3.51. The first kappa shape index (κ1) is 13.5. The first-order valence-electron chi connectivity index (χ1n) is 5.89. The minimum Gasteiger partial charge on any atom is -0.378 e. The number of nitrogens with zero attached hydrogens (tertiary/aromatic N) is 3. The van der Waals surface area contributed by atoms with Crippen LogP contribution in [-0.4, -0.2) is 34.9 Å². The molecule has 0 bridgehead atoms. The fourth-order valence-corrected chi connectivity index (χ4v) is 2.26. The van der Waals surface area contributed by atoms with Gasteiger partial charge in [0, 0.05) is 37.1 Å². The Hall–Kier alpha value is -1.95. The van der Waals surface area contributed by atoms with Gasteiger partial charge in [-0.05, 0) is 19.1 Å². The number of amides is 1. The van der Waals surface area contributed by atoms with E-state index in [1.54, 1.807) is 37.7 Å². The van der Waals surface area contributed by atoms with E-state index in [1.807, 2.05) is 18.4 Å². The summed E-state index contributed by atoms with van der Waals surface area (Å²) in [5.74, 6) is -0.103. The molecule has 0 atom stereocenters. The lowest BCUT2D eigenvalue weighted by Crippen LogP contribution is -2.22. The fraction of sp³-hybridized carbons (Fsp3) is 0.308. The highest BCUT2D eigenvalue weighted by Gasteiger charge is 2.09. The summed E-state index contributed by atoms with van der Waals surface area (Å²) in [6, 6.07) is 3.59. The first-order chi connectivity index (χ1) is 9.06. The molecule has 2 heterocycles.